The molecule has 1 aromatic carbocycles. The van der Waals surface area contributed by atoms with E-state index in [1.807, 2.05) is 22.6 Å². The Hall–Kier alpha value is -0.980. The molecule has 1 amide bonds. The van der Waals surface area contributed by atoms with E-state index in [1.165, 1.54) is 14.2 Å². The Kier molecular flexibility index (Phi) is 3.56. The first-order valence-corrected chi connectivity index (χ1v) is 4.89. The molecule has 0 saturated carbocycles. The highest BCUT2D eigenvalue weighted by molar-refractivity contribution is 14.1. The van der Waals surface area contributed by atoms with Crippen LogP contribution in [0.2, 0.25) is 0 Å². The molecule has 4 nitrogen and oxygen atoms in total. The number of hydrogen-bond acceptors (Lipinski definition) is 3. The van der Waals surface area contributed by atoms with E-state index < -0.39 is 5.91 Å². The van der Waals surface area contributed by atoms with Gasteiger partial charge in [0.15, 0.2) is 0 Å². The second kappa shape index (κ2) is 4.50. The number of rotatable bonds is 3. The number of carbonyl (C=O) groups is 1. The van der Waals surface area contributed by atoms with E-state index in [0.717, 1.165) is 0 Å². The lowest BCUT2D eigenvalue weighted by Crippen LogP contribution is -2.13. The lowest BCUT2D eigenvalue weighted by Gasteiger charge is -2.09. The molecule has 0 fully saturated rings. The Labute approximate surface area is 95.5 Å². The number of hydrogen-bond donors (Lipinski definition) is 1. The van der Waals surface area contributed by atoms with E-state index >= 15 is 0 Å². The van der Waals surface area contributed by atoms with Crippen molar-refractivity contribution >= 4 is 28.5 Å². The molecule has 0 bridgehead atoms. The molecule has 0 aliphatic heterocycles. The third-order valence-electron chi connectivity index (χ3n) is 1.73. The molecule has 0 spiro atoms. The number of carbonyl (C=O) groups excluding carboxylic acids is 1. The number of methoxy groups -OCH3 is 2. The van der Waals surface area contributed by atoms with Crippen LogP contribution in [0.25, 0.3) is 0 Å². The Morgan fingerprint density at radius 1 is 1.36 bits per heavy atom. The van der Waals surface area contributed by atoms with Crippen LogP contribution in [0.1, 0.15) is 10.4 Å². The highest BCUT2D eigenvalue weighted by Crippen LogP contribution is 2.29. The summed E-state index contributed by atoms with van der Waals surface area (Å²) in [6.07, 6.45) is 0. The molecular weight excluding hydrogens is 297 g/mol. The molecule has 1 aromatic rings. The highest BCUT2D eigenvalue weighted by Gasteiger charge is 2.13. The molecule has 76 valence electrons. The summed E-state index contributed by atoms with van der Waals surface area (Å²) in [6, 6.07) is 3.29. The fourth-order valence-corrected chi connectivity index (χ4v) is 1.82. The number of amides is 1. The van der Waals surface area contributed by atoms with Gasteiger partial charge < -0.3 is 15.2 Å². The summed E-state index contributed by atoms with van der Waals surface area (Å²) >= 11 is 2.01. The van der Waals surface area contributed by atoms with E-state index in [1.54, 1.807) is 12.1 Å². The maximum absolute atomic E-state index is 11.1. The predicted molar refractivity (Wildman–Crippen MR) is 60.8 cm³/mol. The Morgan fingerprint density at radius 2 is 2.00 bits per heavy atom. The quantitative estimate of drug-likeness (QED) is 0.859. The third kappa shape index (κ3) is 2.09. The van der Waals surface area contributed by atoms with Crippen LogP contribution in [0.15, 0.2) is 12.1 Å². The lowest BCUT2D eigenvalue weighted by atomic mass is 10.2. The molecule has 2 N–H and O–H groups in total. The molecule has 0 unspecified atom stereocenters. The number of ether oxygens (including phenoxy) is 2. The van der Waals surface area contributed by atoms with Crippen LogP contribution in [-0.2, 0) is 0 Å². The summed E-state index contributed by atoms with van der Waals surface area (Å²) < 4.78 is 10.8. The Morgan fingerprint density at radius 3 is 2.43 bits per heavy atom. The molecule has 0 atom stereocenters. The maximum atomic E-state index is 11.1. The van der Waals surface area contributed by atoms with Crippen molar-refractivity contribution in [2.24, 2.45) is 5.73 Å². The van der Waals surface area contributed by atoms with E-state index in [2.05, 4.69) is 0 Å². The highest BCUT2D eigenvalue weighted by atomic mass is 127. The van der Waals surface area contributed by atoms with Crippen molar-refractivity contribution < 1.29 is 14.3 Å². The van der Waals surface area contributed by atoms with Gasteiger partial charge in [-0.15, -0.1) is 0 Å². The number of nitrogens with two attached hydrogens (primary N) is 1. The van der Waals surface area contributed by atoms with Crippen molar-refractivity contribution in [2.75, 3.05) is 14.2 Å². The van der Waals surface area contributed by atoms with Gasteiger partial charge in [-0.25, -0.2) is 0 Å². The van der Waals surface area contributed by atoms with Gasteiger partial charge in [0, 0.05) is 6.07 Å². The molecule has 1 rings (SSSR count). The minimum Gasteiger partial charge on any atom is -0.497 e. The second-order valence-electron chi connectivity index (χ2n) is 2.56. The largest absolute Gasteiger partial charge is 0.497 e. The van der Waals surface area contributed by atoms with Crippen molar-refractivity contribution in [2.45, 2.75) is 0 Å². The Balaban J connectivity index is 3.34. The number of halogens is 1. The summed E-state index contributed by atoms with van der Waals surface area (Å²) in [7, 11) is 3.05. The van der Waals surface area contributed by atoms with Crippen molar-refractivity contribution in [1.29, 1.82) is 0 Å². The monoisotopic (exact) mass is 307 g/mol. The van der Waals surface area contributed by atoms with Crippen LogP contribution in [0.5, 0.6) is 11.5 Å². The average molecular weight is 307 g/mol. The van der Waals surface area contributed by atoms with Gasteiger partial charge in [-0.1, -0.05) is 0 Å². The molecule has 0 aliphatic rings. The van der Waals surface area contributed by atoms with Crippen molar-refractivity contribution in [3.05, 3.63) is 21.3 Å². The first kappa shape index (κ1) is 11.1. The van der Waals surface area contributed by atoms with Gasteiger partial charge in [-0.2, -0.15) is 0 Å². The summed E-state index contributed by atoms with van der Waals surface area (Å²) in [4.78, 5) is 11.1. The average Bonchev–Trinajstić information content (AvgIpc) is 2.17. The van der Waals surface area contributed by atoms with Gasteiger partial charge in [0.1, 0.15) is 11.5 Å². The minimum absolute atomic E-state index is 0.404. The third-order valence-corrected chi connectivity index (χ3v) is 2.85. The van der Waals surface area contributed by atoms with Gasteiger partial charge in [-0.05, 0) is 28.7 Å². The normalized spacial score (nSPS) is 9.64. The van der Waals surface area contributed by atoms with Crippen molar-refractivity contribution in [3.8, 4) is 11.5 Å². The standard InChI is InChI=1S/C9H10INO3/c1-13-5-3-6(9(11)12)8(10)7(4-5)14-2/h3-4H,1-2H3,(H2,11,12). The van der Waals surface area contributed by atoms with Crippen molar-refractivity contribution in [3.63, 3.8) is 0 Å². The smallest absolute Gasteiger partial charge is 0.250 e. The van der Waals surface area contributed by atoms with Gasteiger partial charge in [-0.3, -0.25) is 4.79 Å². The van der Waals surface area contributed by atoms with E-state index in [-0.39, 0.29) is 0 Å². The number of benzene rings is 1. The molecule has 0 saturated heterocycles. The predicted octanol–water partition coefficient (Wildman–Crippen LogP) is 1.41. The molecule has 0 radical (unpaired) electrons. The van der Waals surface area contributed by atoms with Crippen LogP contribution in [0.4, 0.5) is 0 Å². The summed E-state index contributed by atoms with van der Waals surface area (Å²) in [5.41, 5.74) is 5.61. The first-order chi connectivity index (χ1) is 6.60. The molecule has 0 aromatic heterocycles. The topological polar surface area (TPSA) is 61.6 Å². The maximum Gasteiger partial charge on any atom is 0.250 e. The first-order valence-electron chi connectivity index (χ1n) is 3.81. The summed E-state index contributed by atoms with van der Waals surface area (Å²) in [5.74, 6) is 0.640. The molecule has 0 heterocycles. The number of primary amides is 1. The zero-order chi connectivity index (χ0) is 10.7. The van der Waals surface area contributed by atoms with Crippen LogP contribution in [-0.4, -0.2) is 20.1 Å². The molecule has 5 heteroatoms. The van der Waals surface area contributed by atoms with Gasteiger partial charge in [0.05, 0.1) is 23.4 Å². The SMILES string of the molecule is COc1cc(OC)c(I)c(C(N)=O)c1. The fourth-order valence-electron chi connectivity index (χ4n) is 1.02. The van der Waals surface area contributed by atoms with Gasteiger partial charge >= 0.3 is 0 Å². The van der Waals surface area contributed by atoms with Crippen LogP contribution in [0.3, 0.4) is 0 Å². The van der Waals surface area contributed by atoms with E-state index in [0.29, 0.717) is 20.6 Å². The van der Waals surface area contributed by atoms with E-state index in [4.69, 9.17) is 15.2 Å². The van der Waals surface area contributed by atoms with Gasteiger partial charge in [0.25, 0.3) is 0 Å². The summed E-state index contributed by atoms with van der Waals surface area (Å²) in [5, 5.41) is 0. The Bertz CT molecular complexity index is 365. The zero-order valence-electron chi connectivity index (χ0n) is 7.83. The van der Waals surface area contributed by atoms with Crippen molar-refractivity contribution in [1.82, 2.24) is 0 Å². The van der Waals surface area contributed by atoms with Crippen LogP contribution >= 0.6 is 22.6 Å². The molecule has 0 aliphatic carbocycles. The van der Waals surface area contributed by atoms with Gasteiger partial charge in [0.2, 0.25) is 5.91 Å². The fraction of sp³-hybridized carbons (Fsp3) is 0.222. The second-order valence-corrected chi connectivity index (χ2v) is 3.63. The zero-order valence-corrected chi connectivity index (χ0v) is 9.99. The lowest BCUT2D eigenvalue weighted by molar-refractivity contribution is 0.0998. The minimum atomic E-state index is -0.494. The van der Waals surface area contributed by atoms with Crippen LogP contribution in [0, 0.1) is 3.57 Å². The van der Waals surface area contributed by atoms with E-state index in [9.17, 15) is 4.79 Å². The molecular formula is C9H10INO3. The molecule has 14 heavy (non-hydrogen) atoms. The van der Waals surface area contributed by atoms with Crippen LogP contribution < -0.4 is 15.2 Å². The summed E-state index contributed by atoms with van der Waals surface area (Å²) in [6.45, 7) is 0.